The maximum atomic E-state index is 12.3. The van der Waals surface area contributed by atoms with Gasteiger partial charge in [-0.3, -0.25) is 9.20 Å². The van der Waals surface area contributed by atoms with E-state index in [9.17, 15) is 22.8 Å². The van der Waals surface area contributed by atoms with E-state index >= 15 is 0 Å². The summed E-state index contributed by atoms with van der Waals surface area (Å²) in [6, 6.07) is 8.18. The first-order chi connectivity index (χ1) is 13.1. The summed E-state index contributed by atoms with van der Waals surface area (Å²) < 4.78 is 42.8. The van der Waals surface area contributed by atoms with Crippen molar-refractivity contribution in [3.8, 4) is 5.75 Å². The van der Waals surface area contributed by atoms with E-state index in [1.54, 1.807) is 25.3 Å². The molecule has 148 valence electrons. The molecule has 0 saturated heterocycles. The first-order valence-corrected chi connectivity index (χ1v) is 8.33. The number of alkyl halides is 3. The molecule has 0 aliphatic rings. The summed E-state index contributed by atoms with van der Waals surface area (Å²) in [4.78, 5) is 24.5. The van der Waals surface area contributed by atoms with Gasteiger partial charge < -0.3 is 10.1 Å². The van der Waals surface area contributed by atoms with Crippen molar-refractivity contribution in [2.45, 2.75) is 32.8 Å². The largest absolute Gasteiger partial charge is 0.573 e. The minimum absolute atomic E-state index is 0.279. The number of hydrogen-bond acceptors (Lipinski definition) is 4. The molecule has 28 heavy (non-hydrogen) atoms. The number of benzene rings is 1. The molecule has 1 N–H and O–H groups in total. The van der Waals surface area contributed by atoms with Crippen LogP contribution in [-0.2, 0) is 11.3 Å². The molecule has 2 aromatic heterocycles. The van der Waals surface area contributed by atoms with Crippen molar-refractivity contribution in [3.63, 3.8) is 0 Å². The van der Waals surface area contributed by atoms with Crippen LogP contribution in [0.1, 0.15) is 24.1 Å². The number of hydrogen-bond donors (Lipinski definition) is 1. The standard InChI is InChI=1S/C18H17F3N4O3/c1-11-7-8-24-15(9-11)23-25(17(24)27)10-16(26)22-12(2)13-3-5-14(6-4-13)28-18(19,20)21/h3-9,12H,10H2,1-2H3,(H,22,26)/t12-/m0/s1. The Bertz CT molecular complexity index is 1050. The Morgan fingerprint density at radius 3 is 2.57 bits per heavy atom. The smallest absolute Gasteiger partial charge is 0.406 e. The second-order valence-corrected chi connectivity index (χ2v) is 6.28. The number of ether oxygens (including phenoxy) is 1. The van der Waals surface area contributed by atoms with Crippen LogP contribution < -0.4 is 15.7 Å². The fraction of sp³-hybridized carbons (Fsp3) is 0.278. The number of nitrogens with zero attached hydrogens (tertiary/aromatic N) is 3. The lowest BCUT2D eigenvalue weighted by Crippen LogP contribution is -2.34. The van der Waals surface area contributed by atoms with Crippen molar-refractivity contribution in [2.75, 3.05) is 0 Å². The molecule has 3 aromatic rings. The number of nitrogens with one attached hydrogen (secondary N) is 1. The molecule has 1 aromatic carbocycles. The number of carbonyl (C=O) groups is 1. The Hall–Kier alpha value is -3.30. The number of rotatable bonds is 5. The number of aryl methyl sites for hydroxylation is 1. The first kappa shape index (κ1) is 19.5. The van der Waals surface area contributed by atoms with Gasteiger partial charge in [-0.1, -0.05) is 12.1 Å². The lowest BCUT2D eigenvalue weighted by Gasteiger charge is -2.15. The molecule has 0 aliphatic heterocycles. The highest BCUT2D eigenvalue weighted by molar-refractivity contribution is 5.76. The molecular weight excluding hydrogens is 377 g/mol. The second kappa shape index (κ2) is 7.37. The first-order valence-electron chi connectivity index (χ1n) is 8.33. The van der Waals surface area contributed by atoms with Crippen LogP contribution in [0, 0.1) is 6.92 Å². The van der Waals surface area contributed by atoms with Crippen LogP contribution in [0.4, 0.5) is 13.2 Å². The topological polar surface area (TPSA) is 77.6 Å². The summed E-state index contributed by atoms with van der Waals surface area (Å²) in [6.07, 6.45) is -3.18. The van der Waals surface area contributed by atoms with Crippen molar-refractivity contribution in [3.05, 3.63) is 64.2 Å². The summed E-state index contributed by atoms with van der Waals surface area (Å²) in [5.41, 5.74) is 1.51. The van der Waals surface area contributed by atoms with Crippen LogP contribution in [0.2, 0.25) is 0 Å². The van der Waals surface area contributed by atoms with Gasteiger partial charge in [0.15, 0.2) is 5.65 Å². The molecule has 0 fully saturated rings. The SMILES string of the molecule is Cc1ccn2c(=O)n(CC(=O)N[C@@H](C)c3ccc(OC(F)(F)F)cc3)nc2c1. The third kappa shape index (κ3) is 4.51. The minimum atomic E-state index is -4.76. The Balaban J connectivity index is 1.66. The molecule has 3 rings (SSSR count). The Kier molecular flexibility index (Phi) is 5.12. The van der Waals surface area contributed by atoms with Crippen LogP contribution in [-0.4, -0.2) is 26.5 Å². The number of fused-ring (bicyclic) bond motifs is 1. The number of halogens is 3. The molecule has 7 nitrogen and oxygen atoms in total. The van der Waals surface area contributed by atoms with E-state index < -0.39 is 24.0 Å². The van der Waals surface area contributed by atoms with E-state index in [2.05, 4.69) is 15.2 Å². The highest BCUT2D eigenvalue weighted by Gasteiger charge is 2.31. The summed E-state index contributed by atoms with van der Waals surface area (Å²) in [6.45, 7) is 3.26. The summed E-state index contributed by atoms with van der Waals surface area (Å²) >= 11 is 0. The van der Waals surface area contributed by atoms with Crippen molar-refractivity contribution in [2.24, 2.45) is 0 Å². The predicted octanol–water partition coefficient (Wildman–Crippen LogP) is 2.58. The van der Waals surface area contributed by atoms with Crippen LogP contribution in [0.25, 0.3) is 5.65 Å². The van der Waals surface area contributed by atoms with E-state index in [0.717, 1.165) is 10.2 Å². The third-order valence-electron chi connectivity index (χ3n) is 4.02. The minimum Gasteiger partial charge on any atom is -0.406 e. The van der Waals surface area contributed by atoms with Gasteiger partial charge in [0.05, 0.1) is 6.04 Å². The van der Waals surface area contributed by atoms with Gasteiger partial charge in [-0.2, -0.15) is 0 Å². The van der Waals surface area contributed by atoms with Gasteiger partial charge in [0.25, 0.3) is 0 Å². The van der Waals surface area contributed by atoms with Gasteiger partial charge >= 0.3 is 12.1 Å². The number of amides is 1. The van der Waals surface area contributed by atoms with Crippen molar-refractivity contribution >= 4 is 11.6 Å². The molecule has 10 heteroatoms. The van der Waals surface area contributed by atoms with E-state index in [1.807, 2.05) is 6.92 Å². The van der Waals surface area contributed by atoms with E-state index in [-0.39, 0.29) is 12.3 Å². The van der Waals surface area contributed by atoms with Crippen molar-refractivity contribution < 1.29 is 22.7 Å². The van der Waals surface area contributed by atoms with Crippen LogP contribution >= 0.6 is 0 Å². The molecule has 2 heterocycles. The molecule has 0 spiro atoms. The predicted molar refractivity (Wildman–Crippen MR) is 93.9 cm³/mol. The fourth-order valence-corrected chi connectivity index (χ4v) is 2.69. The highest BCUT2D eigenvalue weighted by atomic mass is 19.4. The van der Waals surface area contributed by atoms with Gasteiger partial charge in [0.1, 0.15) is 12.3 Å². The molecule has 1 atom stereocenters. The highest BCUT2D eigenvalue weighted by Crippen LogP contribution is 2.24. The second-order valence-electron chi connectivity index (χ2n) is 6.28. The van der Waals surface area contributed by atoms with Gasteiger partial charge in [-0.05, 0) is 49.2 Å². The molecule has 1 amide bonds. The van der Waals surface area contributed by atoms with Gasteiger partial charge in [-0.25, -0.2) is 9.48 Å². The van der Waals surface area contributed by atoms with Crippen LogP contribution in [0.3, 0.4) is 0 Å². The zero-order valence-electron chi connectivity index (χ0n) is 15.0. The van der Waals surface area contributed by atoms with Crippen molar-refractivity contribution in [1.29, 1.82) is 0 Å². The van der Waals surface area contributed by atoms with E-state index in [1.165, 1.54) is 28.7 Å². The average molecular weight is 394 g/mol. The average Bonchev–Trinajstić information content (AvgIpc) is 2.89. The third-order valence-corrected chi connectivity index (χ3v) is 4.02. The molecule has 0 saturated carbocycles. The van der Waals surface area contributed by atoms with E-state index in [4.69, 9.17) is 0 Å². The number of aromatic nitrogens is 3. The molecule has 0 unspecified atom stereocenters. The molecule has 0 radical (unpaired) electrons. The Morgan fingerprint density at radius 2 is 1.93 bits per heavy atom. The Labute approximate surface area is 157 Å². The Morgan fingerprint density at radius 1 is 1.25 bits per heavy atom. The van der Waals surface area contributed by atoms with Crippen LogP contribution in [0.15, 0.2) is 47.4 Å². The zero-order valence-corrected chi connectivity index (χ0v) is 15.0. The number of carbonyl (C=O) groups excluding carboxylic acids is 1. The lowest BCUT2D eigenvalue weighted by atomic mass is 10.1. The molecule has 0 aliphatic carbocycles. The van der Waals surface area contributed by atoms with E-state index in [0.29, 0.717) is 11.2 Å². The maximum absolute atomic E-state index is 12.3. The van der Waals surface area contributed by atoms with Gasteiger partial charge in [0.2, 0.25) is 5.91 Å². The van der Waals surface area contributed by atoms with Crippen LogP contribution in [0.5, 0.6) is 5.75 Å². The summed E-state index contributed by atoms with van der Waals surface area (Å²) in [5, 5.41) is 6.81. The summed E-state index contributed by atoms with van der Waals surface area (Å²) in [5.74, 6) is -0.799. The van der Waals surface area contributed by atoms with Crippen molar-refractivity contribution in [1.82, 2.24) is 19.5 Å². The molecule has 0 bridgehead atoms. The zero-order chi connectivity index (χ0) is 20.5. The molecular formula is C18H17F3N4O3. The monoisotopic (exact) mass is 394 g/mol. The van der Waals surface area contributed by atoms with Gasteiger partial charge in [0, 0.05) is 6.20 Å². The quantitative estimate of drug-likeness (QED) is 0.722. The normalized spacial score (nSPS) is 12.8. The fourth-order valence-electron chi connectivity index (χ4n) is 2.69. The maximum Gasteiger partial charge on any atom is 0.573 e. The van der Waals surface area contributed by atoms with Gasteiger partial charge in [-0.15, -0.1) is 18.3 Å². The number of pyridine rings is 1. The summed E-state index contributed by atoms with van der Waals surface area (Å²) in [7, 11) is 0. The lowest BCUT2D eigenvalue weighted by molar-refractivity contribution is -0.274.